The second kappa shape index (κ2) is 7.91. The summed E-state index contributed by atoms with van der Waals surface area (Å²) < 4.78 is 58.1. The Morgan fingerprint density at radius 1 is 1.30 bits per heavy atom. The zero-order valence-corrected chi connectivity index (χ0v) is 17.8. The molecule has 2 amide bonds. The van der Waals surface area contributed by atoms with Crippen molar-refractivity contribution >= 4 is 17.5 Å². The SMILES string of the molecule is Cc1cc(NC(=O)C2=C(O)C3(C)CCCN3N(Cc3cccc(F)c3)C2=O)c(C(F)(F)F)o1. The van der Waals surface area contributed by atoms with Gasteiger partial charge in [0.1, 0.15) is 22.9 Å². The predicted octanol–water partition coefficient (Wildman–Crippen LogP) is 4.31. The third kappa shape index (κ3) is 3.97. The first-order chi connectivity index (χ1) is 15.4. The number of fused-ring (bicyclic) bond motifs is 1. The molecule has 11 heteroatoms. The second-order valence-corrected chi connectivity index (χ2v) is 8.27. The number of aryl methyl sites for hydroxylation is 1. The van der Waals surface area contributed by atoms with Gasteiger partial charge in [-0.15, -0.1) is 0 Å². The number of rotatable bonds is 4. The highest BCUT2D eigenvalue weighted by Crippen LogP contribution is 2.42. The molecule has 1 aromatic carbocycles. The summed E-state index contributed by atoms with van der Waals surface area (Å²) >= 11 is 0. The molecule has 1 saturated heterocycles. The Morgan fingerprint density at radius 2 is 2.03 bits per heavy atom. The van der Waals surface area contributed by atoms with Gasteiger partial charge in [0.15, 0.2) is 0 Å². The van der Waals surface area contributed by atoms with Crippen molar-refractivity contribution in [1.82, 2.24) is 10.0 Å². The van der Waals surface area contributed by atoms with E-state index in [9.17, 15) is 32.3 Å². The van der Waals surface area contributed by atoms with Crippen molar-refractivity contribution in [3.05, 3.63) is 64.6 Å². The van der Waals surface area contributed by atoms with Crippen LogP contribution in [0.1, 0.15) is 36.8 Å². The molecule has 1 aromatic heterocycles. The highest BCUT2D eigenvalue weighted by Gasteiger charge is 2.52. The van der Waals surface area contributed by atoms with Crippen molar-refractivity contribution in [3.8, 4) is 0 Å². The minimum absolute atomic E-state index is 0.0884. The van der Waals surface area contributed by atoms with E-state index in [2.05, 4.69) is 9.73 Å². The van der Waals surface area contributed by atoms with Gasteiger partial charge in [0.2, 0.25) is 5.76 Å². The molecule has 2 aromatic rings. The van der Waals surface area contributed by atoms with Gasteiger partial charge in [-0.2, -0.15) is 13.2 Å². The van der Waals surface area contributed by atoms with Crippen LogP contribution in [-0.2, 0) is 22.3 Å². The monoisotopic (exact) mass is 467 g/mol. The van der Waals surface area contributed by atoms with Gasteiger partial charge in [0, 0.05) is 12.6 Å². The second-order valence-electron chi connectivity index (χ2n) is 8.27. The predicted molar refractivity (Wildman–Crippen MR) is 108 cm³/mol. The fourth-order valence-electron chi connectivity index (χ4n) is 4.36. The summed E-state index contributed by atoms with van der Waals surface area (Å²) in [4.78, 5) is 26.3. The fraction of sp³-hybridized carbons (Fsp3) is 0.364. The first-order valence-electron chi connectivity index (χ1n) is 10.2. The van der Waals surface area contributed by atoms with Crippen molar-refractivity contribution in [3.63, 3.8) is 0 Å². The average Bonchev–Trinajstić information content (AvgIpc) is 3.29. The maximum atomic E-state index is 13.7. The number of benzene rings is 1. The van der Waals surface area contributed by atoms with E-state index in [-0.39, 0.29) is 12.3 Å². The Labute approximate surface area is 186 Å². The number of hydrogen-bond donors (Lipinski definition) is 2. The molecule has 1 unspecified atom stereocenters. The summed E-state index contributed by atoms with van der Waals surface area (Å²) in [6.45, 7) is 3.23. The Hall–Kier alpha value is -3.34. The Bertz CT molecular complexity index is 1160. The largest absolute Gasteiger partial charge is 0.509 e. The molecular formula is C22H21F4N3O4. The summed E-state index contributed by atoms with van der Waals surface area (Å²) in [7, 11) is 0. The number of anilines is 1. The molecule has 7 nitrogen and oxygen atoms in total. The lowest BCUT2D eigenvalue weighted by Crippen LogP contribution is -2.60. The van der Waals surface area contributed by atoms with E-state index in [0.717, 1.165) is 6.07 Å². The van der Waals surface area contributed by atoms with Gasteiger partial charge < -0.3 is 14.8 Å². The highest BCUT2D eigenvalue weighted by atomic mass is 19.4. The van der Waals surface area contributed by atoms with Crippen molar-refractivity contribution in [2.45, 2.75) is 44.9 Å². The molecule has 0 radical (unpaired) electrons. The summed E-state index contributed by atoms with van der Waals surface area (Å²) in [6, 6.07) is 6.55. The quantitative estimate of drug-likeness (QED) is 0.517. The smallest absolute Gasteiger partial charge is 0.451 e. The van der Waals surface area contributed by atoms with E-state index in [1.807, 2.05) is 0 Å². The van der Waals surface area contributed by atoms with Gasteiger partial charge in [0.05, 0.1) is 17.8 Å². The van der Waals surface area contributed by atoms with Gasteiger partial charge in [-0.05, 0) is 44.4 Å². The minimum atomic E-state index is -4.87. The van der Waals surface area contributed by atoms with Crippen LogP contribution < -0.4 is 5.32 Å². The lowest BCUT2D eigenvalue weighted by molar-refractivity contribution is -0.160. The van der Waals surface area contributed by atoms with Crippen LogP contribution in [0.2, 0.25) is 0 Å². The Kier molecular flexibility index (Phi) is 5.47. The van der Waals surface area contributed by atoms with Gasteiger partial charge in [0.25, 0.3) is 11.8 Å². The molecule has 2 aliphatic rings. The van der Waals surface area contributed by atoms with Crippen LogP contribution in [0.25, 0.3) is 0 Å². The zero-order valence-electron chi connectivity index (χ0n) is 17.8. The molecule has 33 heavy (non-hydrogen) atoms. The number of amides is 2. The summed E-state index contributed by atoms with van der Waals surface area (Å²) in [5.74, 6) is -4.63. The molecule has 0 saturated carbocycles. The molecule has 0 aliphatic carbocycles. The number of furan rings is 1. The topological polar surface area (TPSA) is 86.0 Å². The zero-order chi connectivity index (χ0) is 24.1. The summed E-state index contributed by atoms with van der Waals surface area (Å²) in [5.41, 5.74) is -2.00. The van der Waals surface area contributed by atoms with E-state index in [4.69, 9.17) is 0 Å². The Morgan fingerprint density at radius 3 is 2.70 bits per heavy atom. The third-order valence-electron chi connectivity index (χ3n) is 5.90. The van der Waals surface area contributed by atoms with Crippen LogP contribution in [0.4, 0.5) is 23.2 Å². The standard InChI is InChI=1S/C22H21F4N3O4/c1-12-9-15(18(33-12)22(24,25)26)27-19(31)16-17(30)21(2)7-4-8-29(21)28(20(16)32)11-13-5-3-6-14(23)10-13/h3,5-6,9-10,30H,4,7-8,11H2,1-2H3,(H,27,31). The van der Waals surface area contributed by atoms with Crippen LogP contribution in [0, 0.1) is 12.7 Å². The normalized spacial score (nSPS) is 21.5. The minimum Gasteiger partial charge on any atom is -0.509 e. The number of aliphatic hydroxyl groups is 1. The van der Waals surface area contributed by atoms with Crippen LogP contribution in [0.3, 0.4) is 0 Å². The van der Waals surface area contributed by atoms with Crippen LogP contribution in [-0.4, -0.2) is 39.0 Å². The highest BCUT2D eigenvalue weighted by molar-refractivity contribution is 6.23. The Balaban J connectivity index is 1.71. The maximum absolute atomic E-state index is 13.7. The third-order valence-corrected chi connectivity index (χ3v) is 5.90. The fourth-order valence-corrected chi connectivity index (χ4v) is 4.36. The number of carbonyl (C=O) groups is 2. The van der Waals surface area contributed by atoms with E-state index in [0.29, 0.717) is 24.9 Å². The van der Waals surface area contributed by atoms with Crippen LogP contribution >= 0.6 is 0 Å². The molecule has 4 rings (SSSR count). The van der Waals surface area contributed by atoms with Gasteiger partial charge >= 0.3 is 6.18 Å². The van der Waals surface area contributed by atoms with Crippen molar-refractivity contribution in [1.29, 1.82) is 0 Å². The molecule has 1 fully saturated rings. The number of nitrogens with zero attached hydrogens (tertiary/aromatic N) is 2. The first kappa shape index (κ1) is 22.8. The number of nitrogens with one attached hydrogen (secondary N) is 1. The maximum Gasteiger partial charge on any atom is 0.451 e. The summed E-state index contributed by atoms with van der Waals surface area (Å²) in [6.07, 6.45) is -3.87. The number of hydrazine groups is 1. The molecule has 176 valence electrons. The van der Waals surface area contributed by atoms with E-state index >= 15 is 0 Å². The number of halogens is 4. The number of aliphatic hydroxyl groups excluding tert-OH is 1. The van der Waals surface area contributed by atoms with Gasteiger partial charge in [-0.1, -0.05) is 12.1 Å². The molecule has 0 bridgehead atoms. The average molecular weight is 467 g/mol. The molecular weight excluding hydrogens is 446 g/mol. The number of alkyl halides is 3. The lowest BCUT2D eigenvalue weighted by Gasteiger charge is -2.46. The van der Waals surface area contributed by atoms with Crippen molar-refractivity contribution in [2.75, 3.05) is 11.9 Å². The van der Waals surface area contributed by atoms with Crippen molar-refractivity contribution < 1.29 is 36.7 Å². The van der Waals surface area contributed by atoms with Crippen LogP contribution in [0.15, 0.2) is 46.1 Å². The van der Waals surface area contributed by atoms with Crippen molar-refractivity contribution in [2.24, 2.45) is 0 Å². The van der Waals surface area contributed by atoms with E-state index < -0.39 is 52.1 Å². The van der Waals surface area contributed by atoms with E-state index in [1.165, 1.54) is 30.1 Å². The lowest BCUT2D eigenvalue weighted by atomic mass is 9.90. The molecule has 2 aliphatic heterocycles. The first-order valence-corrected chi connectivity index (χ1v) is 10.2. The summed E-state index contributed by atoms with van der Waals surface area (Å²) in [5, 5.41) is 15.8. The van der Waals surface area contributed by atoms with Crippen LogP contribution in [0.5, 0.6) is 0 Å². The van der Waals surface area contributed by atoms with Gasteiger partial charge in [-0.3, -0.25) is 14.6 Å². The van der Waals surface area contributed by atoms with Gasteiger partial charge in [-0.25, -0.2) is 9.40 Å². The number of carbonyl (C=O) groups excluding carboxylic acids is 2. The molecule has 0 spiro atoms. The molecule has 2 N–H and O–H groups in total. The molecule has 1 atom stereocenters. The number of hydrogen-bond acceptors (Lipinski definition) is 5. The molecule has 3 heterocycles. The van der Waals surface area contributed by atoms with E-state index in [1.54, 1.807) is 18.0 Å².